The van der Waals surface area contributed by atoms with E-state index in [1.54, 1.807) is 7.11 Å². The molecule has 0 aromatic heterocycles. The average Bonchev–Trinajstić information content (AvgIpc) is 2.49. The van der Waals surface area contributed by atoms with Crippen molar-refractivity contribution in [1.29, 1.82) is 0 Å². The summed E-state index contributed by atoms with van der Waals surface area (Å²) in [5.41, 5.74) is 7.91. The Hall–Kier alpha value is -1.59. The molecular formula is C17H28N2O3. The highest BCUT2D eigenvalue weighted by molar-refractivity contribution is 5.81. The summed E-state index contributed by atoms with van der Waals surface area (Å²) in [4.78, 5) is 11.9. The Balaban J connectivity index is 2.63. The molecule has 5 nitrogen and oxygen atoms in total. The molecule has 0 bridgehead atoms. The van der Waals surface area contributed by atoms with Crippen LogP contribution in [0.2, 0.25) is 0 Å². The molecule has 0 unspecified atom stereocenters. The summed E-state index contributed by atoms with van der Waals surface area (Å²) in [6.45, 7) is 7.55. The highest BCUT2D eigenvalue weighted by Gasteiger charge is 2.17. The van der Waals surface area contributed by atoms with Crippen molar-refractivity contribution in [3.63, 3.8) is 0 Å². The lowest BCUT2D eigenvalue weighted by Gasteiger charge is -2.17. The number of aryl methyl sites for hydroxylation is 1. The van der Waals surface area contributed by atoms with Crippen molar-refractivity contribution >= 4 is 5.91 Å². The van der Waals surface area contributed by atoms with Crippen LogP contribution in [0.1, 0.15) is 31.4 Å². The van der Waals surface area contributed by atoms with Gasteiger partial charge < -0.3 is 20.5 Å². The minimum Gasteiger partial charge on any atom is -0.493 e. The number of hydrogen-bond donors (Lipinski definition) is 2. The summed E-state index contributed by atoms with van der Waals surface area (Å²) in [7, 11) is 1.67. The molecular weight excluding hydrogens is 280 g/mol. The Labute approximate surface area is 133 Å². The highest BCUT2D eigenvalue weighted by Crippen LogP contribution is 2.20. The molecule has 0 aliphatic carbocycles. The molecule has 1 rings (SSSR count). The number of ether oxygens (including phenoxy) is 2. The zero-order chi connectivity index (χ0) is 16.5. The molecule has 3 N–H and O–H groups in total. The third-order valence-corrected chi connectivity index (χ3v) is 3.45. The maximum atomic E-state index is 11.9. The van der Waals surface area contributed by atoms with Crippen molar-refractivity contribution in [3.05, 3.63) is 29.3 Å². The second kappa shape index (κ2) is 9.43. The fourth-order valence-corrected chi connectivity index (χ4v) is 1.93. The molecule has 0 heterocycles. The fraction of sp³-hybridized carbons (Fsp3) is 0.588. The van der Waals surface area contributed by atoms with E-state index in [1.165, 1.54) is 0 Å². The van der Waals surface area contributed by atoms with Gasteiger partial charge in [0.25, 0.3) is 0 Å². The van der Waals surface area contributed by atoms with E-state index < -0.39 is 6.04 Å². The smallest absolute Gasteiger partial charge is 0.237 e. The van der Waals surface area contributed by atoms with Crippen LogP contribution in [0.4, 0.5) is 0 Å². The van der Waals surface area contributed by atoms with Gasteiger partial charge in [-0.25, -0.2) is 0 Å². The van der Waals surface area contributed by atoms with Gasteiger partial charge in [-0.3, -0.25) is 4.79 Å². The number of carbonyl (C=O) groups excluding carboxylic acids is 1. The van der Waals surface area contributed by atoms with Crippen LogP contribution in [-0.4, -0.2) is 32.3 Å². The van der Waals surface area contributed by atoms with Crippen LogP contribution in [0.3, 0.4) is 0 Å². The standard InChI is InChI=1S/C17H28N2O3/c1-12(2)16(18)17(20)19-11-14-7-6-13(3)10-15(14)22-9-5-8-21-4/h6-7,10,12,16H,5,8-9,11,18H2,1-4H3,(H,19,20)/t16-/m0/s1. The van der Waals surface area contributed by atoms with Gasteiger partial charge in [0.05, 0.1) is 12.6 Å². The lowest BCUT2D eigenvalue weighted by atomic mass is 10.0. The first-order valence-corrected chi connectivity index (χ1v) is 7.70. The van der Waals surface area contributed by atoms with E-state index >= 15 is 0 Å². The van der Waals surface area contributed by atoms with Crippen LogP contribution in [0, 0.1) is 12.8 Å². The van der Waals surface area contributed by atoms with E-state index in [4.69, 9.17) is 15.2 Å². The summed E-state index contributed by atoms with van der Waals surface area (Å²) in [6, 6.07) is 5.47. The molecule has 1 amide bonds. The van der Waals surface area contributed by atoms with Crippen molar-refractivity contribution in [3.8, 4) is 5.75 Å². The molecule has 0 aliphatic heterocycles. The first-order valence-electron chi connectivity index (χ1n) is 7.70. The van der Waals surface area contributed by atoms with Crippen molar-refractivity contribution in [2.75, 3.05) is 20.3 Å². The zero-order valence-corrected chi connectivity index (χ0v) is 14.0. The molecule has 0 spiro atoms. The van der Waals surface area contributed by atoms with Gasteiger partial charge in [0.15, 0.2) is 0 Å². The Morgan fingerprint density at radius 3 is 2.68 bits per heavy atom. The van der Waals surface area contributed by atoms with E-state index in [9.17, 15) is 4.79 Å². The summed E-state index contributed by atoms with van der Waals surface area (Å²) >= 11 is 0. The van der Waals surface area contributed by atoms with E-state index in [1.807, 2.05) is 39.0 Å². The number of nitrogens with one attached hydrogen (secondary N) is 1. The highest BCUT2D eigenvalue weighted by atomic mass is 16.5. The second-order valence-corrected chi connectivity index (χ2v) is 5.79. The predicted octanol–water partition coefficient (Wildman–Crippen LogP) is 2.01. The number of methoxy groups -OCH3 is 1. The Morgan fingerprint density at radius 2 is 2.05 bits per heavy atom. The quantitative estimate of drug-likeness (QED) is 0.684. The van der Waals surface area contributed by atoms with Crippen LogP contribution in [0.25, 0.3) is 0 Å². The third-order valence-electron chi connectivity index (χ3n) is 3.45. The number of benzene rings is 1. The molecule has 0 saturated heterocycles. The average molecular weight is 308 g/mol. The number of carbonyl (C=O) groups is 1. The molecule has 22 heavy (non-hydrogen) atoms. The fourth-order valence-electron chi connectivity index (χ4n) is 1.93. The van der Waals surface area contributed by atoms with Gasteiger partial charge in [-0.2, -0.15) is 0 Å². The van der Waals surface area contributed by atoms with Crippen LogP contribution in [0.5, 0.6) is 5.75 Å². The molecule has 124 valence electrons. The van der Waals surface area contributed by atoms with Crippen molar-refractivity contribution < 1.29 is 14.3 Å². The summed E-state index contributed by atoms with van der Waals surface area (Å²) in [5.74, 6) is 0.776. The Kier molecular flexibility index (Phi) is 7.91. The van der Waals surface area contributed by atoms with Gasteiger partial charge >= 0.3 is 0 Å². The van der Waals surface area contributed by atoms with Gasteiger partial charge in [-0.1, -0.05) is 26.0 Å². The number of amides is 1. The van der Waals surface area contributed by atoms with E-state index in [-0.39, 0.29) is 11.8 Å². The van der Waals surface area contributed by atoms with Crippen LogP contribution >= 0.6 is 0 Å². The topological polar surface area (TPSA) is 73.6 Å². The Morgan fingerprint density at radius 1 is 1.32 bits per heavy atom. The van der Waals surface area contributed by atoms with Gasteiger partial charge in [-0.15, -0.1) is 0 Å². The molecule has 1 atom stereocenters. The molecule has 0 fully saturated rings. The number of nitrogens with two attached hydrogens (primary N) is 1. The van der Waals surface area contributed by atoms with E-state index in [2.05, 4.69) is 5.32 Å². The maximum absolute atomic E-state index is 11.9. The summed E-state index contributed by atoms with van der Waals surface area (Å²) < 4.78 is 10.8. The second-order valence-electron chi connectivity index (χ2n) is 5.79. The lowest BCUT2D eigenvalue weighted by molar-refractivity contribution is -0.123. The molecule has 0 saturated carbocycles. The minimum absolute atomic E-state index is 0.114. The monoisotopic (exact) mass is 308 g/mol. The molecule has 1 aromatic carbocycles. The summed E-state index contributed by atoms with van der Waals surface area (Å²) in [5, 5.41) is 2.87. The van der Waals surface area contributed by atoms with E-state index in [0.29, 0.717) is 19.8 Å². The third kappa shape index (κ3) is 6.03. The molecule has 0 radical (unpaired) electrons. The van der Waals surface area contributed by atoms with Crippen molar-refractivity contribution in [2.24, 2.45) is 11.7 Å². The lowest BCUT2D eigenvalue weighted by Crippen LogP contribution is -2.43. The predicted molar refractivity (Wildman–Crippen MR) is 87.8 cm³/mol. The molecule has 1 aromatic rings. The normalized spacial score (nSPS) is 12.3. The van der Waals surface area contributed by atoms with Gasteiger partial charge in [0.1, 0.15) is 5.75 Å². The van der Waals surface area contributed by atoms with Crippen molar-refractivity contribution in [1.82, 2.24) is 5.32 Å². The number of rotatable bonds is 9. The zero-order valence-electron chi connectivity index (χ0n) is 14.0. The largest absolute Gasteiger partial charge is 0.493 e. The SMILES string of the molecule is COCCCOc1cc(C)ccc1CNC(=O)[C@@H](N)C(C)C. The number of hydrogen-bond acceptors (Lipinski definition) is 4. The van der Waals surface area contributed by atoms with E-state index in [0.717, 1.165) is 23.3 Å². The van der Waals surface area contributed by atoms with Crippen LogP contribution in [0.15, 0.2) is 18.2 Å². The first-order chi connectivity index (χ1) is 10.5. The molecule has 0 aliphatic rings. The maximum Gasteiger partial charge on any atom is 0.237 e. The van der Waals surface area contributed by atoms with Crippen molar-refractivity contribution in [2.45, 2.75) is 39.8 Å². The minimum atomic E-state index is -0.489. The molecule has 5 heteroatoms. The van der Waals surface area contributed by atoms with Gasteiger partial charge in [0.2, 0.25) is 5.91 Å². The van der Waals surface area contributed by atoms with Gasteiger partial charge in [0, 0.05) is 32.2 Å². The summed E-state index contributed by atoms with van der Waals surface area (Å²) in [6.07, 6.45) is 0.828. The van der Waals surface area contributed by atoms with Crippen LogP contribution < -0.4 is 15.8 Å². The first kappa shape index (κ1) is 18.5. The van der Waals surface area contributed by atoms with Gasteiger partial charge in [-0.05, 0) is 24.5 Å². The van der Waals surface area contributed by atoms with Crippen LogP contribution in [-0.2, 0) is 16.1 Å². The Bertz CT molecular complexity index is 475.